The van der Waals surface area contributed by atoms with E-state index in [4.69, 9.17) is 4.74 Å². The van der Waals surface area contributed by atoms with Gasteiger partial charge in [0.15, 0.2) is 0 Å². The molecule has 1 aliphatic rings. The standard InChI is InChI=1S/C15H20F3N3O2/c1-14(2)6-10(19-8-14)13(22)21-12-9(7-23-3)4-5-11(20-12)15(16,17)18/h4-5,10,19H,6-8H2,1-3H3,(H,20,21,22). The van der Waals surface area contributed by atoms with Crippen LogP contribution in [0.4, 0.5) is 19.0 Å². The Morgan fingerprint density at radius 1 is 1.48 bits per heavy atom. The van der Waals surface area contributed by atoms with Gasteiger partial charge in [0.1, 0.15) is 11.5 Å². The van der Waals surface area contributed by atoms with E-state index in [2.05, 4.69) is 15.6 Å². The van der Waals surface area contributed by atoms with E-state index < -0.39 is 17.9 Å². The fourth-order valence-electron chi connectivity index (χ4n) is 2.51. The number of pyridine rings is 1. The first-order chi connectivity index (χ1) is 10.6. The SMILES string of the molecule is COCc1ccc(C(F)(F)F)nc1NC(=O)C1CC(C)(C)CN1. The number of hydrogen-bond donors (Lipinski definition) is 2. The quantitative estimate of drug-likeness (QED) is 0.890. The number of halogens is 3. The molecule has 5 nitrogen and oxygen atoms in total. The van der Waals surface area contributed by atoms with Crippen molar-refractivity contribution >= 4 is 11.7 Å². The highest BCUT2D eigenvalue weighted by atomic mass is 19.4. The van der Waals surface area contributed by atoms with Crippen molar-refractivity contribution in [3.05, 3.63) is 23.4 Å². The Balaban J connectivity index is 2.21. The maximum atomic E-state index is 12.8. The van der Waals surface area contributed by atoms with Gasteiger partial charge < -0.3 is 15.4 Å². The van der Waals surface area contributed by atoms with Gasteiger partial charge in [-0.15, -0.1) is 0 Å². The predicted octanol–water partition coefficient (Wildman–Crippen LogP) is 2.57. The van der Waals surface area contributed by atoms with Crippen LogP contribution in [0, 0.1) is 5.41 Å². The van der Waals surface area contributed by atoms with Crippen LogP contribution in [-0.4, -0.2) is 30.6 Å². The summed E-state index contributed by atoms with van der Waals surface area (Å²) in [5, 5.41) is 5.56. The predicted molar refractivity (Wildman–Crippen MR) is 78.8 cm³/mol. The van der Waals surface area contributed by atoms with E-state index in [1.54, 1.807) is 0 Å². The summed E-state index contributed by atoms with van der Waals surface area (Å²) in [5.41, 5.74) is -0.683. The molecule has 1 saturated heterocycles. The number of carbonyl (C=O) groups excluding carboxylic acids is 1. The summed E-state index contributed by atoms with van der Waals surface area (Å²) >= 11 is 0. The molecule has 1 aromatic heterocycles. The minimum Gasteiger partial charge on any atom is -0.380 e. The van der Waals surface area contributed by atoms with Crippen LogP contribution in [0.5, 0.6) is 0 Å². The van der Waals surface area contributed by atoms with Crippen molar-refractivity contribution in [2.45, 2.75) is 39.1 Å². The fraction of sp³-hybridized carbons (Fsp3) is 0.600. The summed E-state index contributed by atoms with van der Waals surface area (Å²) in [6.45, 7) is 4.77. The maximum Gasteiger partial charge on any atom is 0.433 e. The number of amides is 1. The Hall–Kier alpha value is -1.67. The molecule has 1 aliphatic heterocycles. The summed E-state index contributed by atoms with van der Waals surface area (Å²) in [6, 6.07) is 1.69. The lowest BCUT2D eigenvalue weighted by atomic mass is 9.90. The maximum absolute atomic E-state index is 12.8. The molecule has 2 rings (SSSR count). The number of nitrogens with one attached hydrogen (secondary N) is 2. The van der Waals surface area contributed by atoms with Crippen molar-refractivity contribution in [3.8, 4) is 0 Å². The van der Waals surface area contributed by atoms with Crippen LogP contribution in [0.25, 0.3) is 0 Å². The number of anilines is 1. The molecule has 2 N–H and O–H groups in total. The smallest absolute Gasteiger partial charge is 0.380 e. The van der Waals surface area contributed by atoms with E-state index in [0.29, 0.717) is 18.5 Å². The Morgan fingerprint density at radius 2 is 2.17 bits per heavy atom. The number of ether oxygens (including phenoxy) is 1. The lowest BCUT2D eigenvalue weighted by molar-refractivity contribution is -0.141. The van der Waals surface area contributed by atoms with E-state index in [1.165, 1.54) is 13.2 Å². The summed E-state index contributed by atoms with van der Waals surface area (Å²) in [6.07, 6.45) is -3.96. The van der Waals surface area contributed by atoms with Crippen molar-refractivity contribution < 1.29 is 22.7 Å². The van der Waals surface area contributed by atoms with Gasteiger partial charge in [0.05, 0.1) is 12.6 Å². The van der Waals surface area contributed by atoms with Crippen molar-refractivity contribution in [2.24, 2.45) is 5.41 Å². The van der Waals surface area contributed by atoms with E-state index >= 15 is 0 Å². The molecule has 1 unspecified atom stereocenters. The summed E-state index contributed by atoms with van der Waals surface area (Å²) < 4.78 is 43.4. The molecule has 1 fully saturated rings. The molecule has 0 spiro atoms. The van der Waals surface area contributed by atoms with Gasteiger partial charge in [0.2, 0.25) is 5.91 Å². The number of nitrogens with zero attached hydrogens (tertiary/aromatic N) is 1. The van der Waals surface area contributed by atoms with Gasteiger partial charge in [0, 0.05) is 19.2 Å². The molecule has 0 radical (unpaired) electrons. The average Bonchev–Trinajstić information content (AvgIpc) is 2.80. The summed E-state index contributed by atoms with van der Waals surface area (Å²) in [5.74, 6) is -0.502. The highest BCUT2D eigenvalue weighted by Crippen LogP contribution is 2.31. The number of aromatic nitrogens is 1. The Kier molecular flexibility index (Phi) is 4.95. The first-order valence-corrected chi connectivity index (χ1v) is 7.23. The lowest BCUT2D eigenvalue weighted by Gasteiger charge is -2.17. The molecule has 8 heteroatoms. The molecule has 0 saturated carbocycles. The zero-order valence-electron chi connectivity index (χ0n) is 13.3. The minimum atomic E-state index is -4.57. The molecular weight excluding hydrogens is 311 g/mol. The molecule has 1 atom stereocenters. The minimum absolute atomic E-state index is 0.0292. The first kappa shape index (κ1) is 17.7. The fourth-order valence-corrected chi connectivity index (χ4v) is 2.51. The van der Waals surface area contributed by atoms with Gasteiger partial charge in [-0.1, -0.05) is 19.9 Å². The van der Waals surface area contributed by atoms with Crippen LogP contribution in [-0.2, 0) is 22.3 Å². The number of alkyl halides is 3. The van der Waals surface area contributed by atoms with Gasteiger partial charge in [-0.05, 0) is 17.9 Å². The van der Waals surface area contributed by atoms with Gasteiger partial charge in [-0.2, -0.15) is 13.2 Å². The van der Waals surface area contributed by atoms with Crippen LogP contribution in [0.2, 0.25) is 0 Å². The largest absolute Gasteiger partial charge is 0.433 e. The number of carbonyl (C=O) groups is 1. The topological polar surface area (TPSA) is 63.2 Å². The molecule has 0 bridgehead atoms. The molecule has 23 heavy (non-hydrogen) atoms. The zero-order valence-corrected chi connectivity index (χ0v) is 13.3. The van der Waals surface area contributed by atoms with Gasteiger partial charge in [0.25, 0.3) is 0 Å². The van der Waals surface area contributed by atoms with Gasteiger partial charge >= 0.3 is 6.18 Å². The molecule has 2 heterocycles. The molecule has 1 amide bonds. The third-order valence-corrected chi connectivity index (χ3v) is 3.71. The second-order valence-corrected chi connectivity index (χ2v) is 6.43. The second kappa shape index (κ2) is 6.45. The number of rotatable bonds is 4. The second-order valence-electron chi connectivity index (χ2n) is 6.43. The Morgan fingerprint density at radius 3 is 2.70 bits per heavy atom. The van der Waals surface area contributed by atoms with Crippen molar-refractivity contribution in [2.75, 3.05) is 19.0 Å². The Bertz CT molecular complexity index is 588. The summed E-state index contributed by atoms with van der Waals surface area (Å²) in [4.78, 5) is 15.8. The lowest BCUT2D eigenvalue weighted by Crippen LogP contribution is -2.36. The van der Waals surface area contributed by atoms with Crippen molar-refractivity contribution in [1.29, 1.82) is 0 Å². The molecule has 0 aliphatic carbocycles. The molecule has 128 valence electrons. The van der Waals surface area contributed by atoms with Gasteiger partial charge in [-0.25, -0.2) is 4.98 Å². The molecule has 0 aromatic carbocycles. The third kappa shape index (κ3) is 4.42. The normalized spacial score (nSPS) is 20.5. The van der Waals surface area contributed by atoms with E-state index in [0.717, 1.165) is 6.07 Å². The average molecular weight is 331 g/mol. The van der Waals surface area contributed by atoms with Crippen LogP contribution >= 0.6 is 0 Å². The van der Waals surface area contributed by atoms with E-state index in [1.807, 2.05) is 13.8 Å². The van der Waals surface area contributed by atoms with E-state index in [9.17, 15) is 18.0 Å². The monoisotopic (exact) mass is 331 g/mol. The summed E-state index contributed by atoms with van der Waals surface area (Å²) in [7, 11) is 1.42. The molecule has 1 aromatic rings. The Labute approximate surface area is 132 Å². The first-order valence-electron chi connectivity index (χ1n) is 7.23. The van der Waals surface area contributed by atoms with Crippen LogP contribution in [0.1, 0.15) is 31.5 Å². The van der Waals surface area contributed by atoms with Crippen LogP contribution in [0.15, 0.2) is 12.1 Å². The molecular formula is C15H20F3N3O2. The van der Waals surface area contributed by atoms with Crippen LogP contribution < -0.4 is 10.6 Å². The number of methoxy groups -OCH3 is 1. The van der Waals surface area contributed by atoms with Crippen LogP contribution in [0.3, 0.4) is 0 Å². The highest BCUT2D eigenvalue weighted by Gasteiger charge is 2.36. The highest BCUT2D eigenvalue weighted by molar-refractivity contribution is 5.94. The van der Waals surface area contributed by atoms with Gasteiger partial charge in [-0.3, -0.25) is 4.79 Å². The zero-order chi connectivity index (χ0) is 17.3. The third-order valence-electron chi connectivity index (χ3n) is 3.71. The van der Waals surface area contributed by atoms with Crippen molar-refractivity contribution in [1.82, 2.24) is 10.3 Å². The van der Waals surface area contributed by atoms with Crippen molar-refractivity contribution in [3.63, 3.8) is 0 Å². The van der Waals surface area contributed by atoms with E-state index in [-0.39, 0.29) is 23.7 Å². The number of hydrogen-bond acceptors (Lipinski definition) is 4.